The lowest BCUT2D eigenvalue weighted by atomic mass is 10.1. The van der Waals surface area contributed by atoms with E-state index < -0.39 is 6.03 Å². The SMILES string of the molecule is COCCNC(=O)NC(=O)CN(C)c1cc(C)ccc1C. The minimum atomic E-state index is -0.508. The van der Waals surface area contributed by atoms with Crippen LogP contribution in [0.3, 0.4) is 0 Å². The zero-order valence-corrected chi connectivity index (χ0v) is 13.0. The molecule has 0 atom stereocenters. The monoisotopic (exact) mass is 293 g/mol. The van der Waals surface area contributed by atoms with E-state index in [0.717, 1.165) is 16.8 Å². The number of benzene rings is 1. The molecule has 1 rings (SSSR count). The lowest BCUT2D eigenvalue weighted by Gasteiger charge is -2.21. The van der Waals surface area contributed by atoms with Crippen molar-refractivity contribution in [3.63, 3.8) is 0 Å². The van der Waals surface area contributed by atoms with Crippen molar-refractivity contribution in [2.45, 2.75) is 13.8 Å². The van der Waals surface area contributed by atoms with E-state index >= 15 is 0 Å². The first kappa shape index (κ1) is 17.0. The van der Waals surface area contributed by atoms with Gasteiger partial charge in [0.05, 0.1) is 13.2 Å². The summed E-state index contributed by atoms with van der Waals surface area (Å²) in [4.78, 5) is 25.1. The summed E-state index contributed by atoms with van der Waals surface area (Å²) in [6.07, 6.45) is 0. The summed E-state index contributed by atoms with van der Waals surface area (Å²) in [5, 5.41) is 4.82. The third-order valence-electron chi connectivity index (χ3n) is 3.00. The molecule has 116 valence electrons. The van der Waals surface area contributed by atoms with Crippen LogP contribution in [0.15, 0.2) is 18.2 Å². The van der Waals surface area contributed by atoms with Crippen LogP contribution in [0, 0.1) is 13.8 Å². The van der Waals surface area contributed by atoms with Gasteiger partial charge < -0.3 is 15.0 Å². The highest BCUT2D eigenvalue weighted by Crippen LogP contribution is 2.19. The number of carbonyl (C=O) groups is 2. The molecule has 0 aliphatic carbocycles. The van der Waals surface area contributed by atoms with Crippen molar-refractivity contribution < 1.29 is 14.3 Å². The van der Waals surface area contributed by atoms with Crippen LogP contribution in [0.5, 0.6) is 0 Å². The molecule has 0 aliphatic heterocycles. The number of likely N-dealkylation sites (N-methyl/N-ethyl adjacent to an activating group) is 1. The van der Waals surface area contributed by atoms with Crippen LogP contribution in [0.25, 0.3) is 0 Å². The van der Waals surface area contributed by atoms with Crippen molar-refractivity contribution in [3.8, 4) is 0 Å². The molecule has 0 radical (unpaired) electrons. The van der Waals surface area contributed by atoms with Crippen molar-refractivity contribution in [1.82, 2.24) is 10.6 Å². The fourth-order valence-corrected chi connectivity index (χ4v) is 1.91. The Morgan fingerprint density at radius 2 is 2.00 bits per heavy atom. The van der Waals surface area contributed by atoms with Crippen LogP contribution in [0.2, 0.25) is 0 Å². The molecule has 0 unspecified atom stereocenters. The van der Waals surface area contributed by atoms with Crippen LogP contribution in [-0.2, 0) is 9.53 Å². The summed E-state index contributed by atoms with van der Waals surface area (Å²) in [7, 11) is 3.37. The number of methoxy groups -OCH3 is 1. The van der Waals surface area contributed by atoms with Crippen LogP contribution in [0.4, 0.5) is 10.5 Å². The molecule has 6 nitrogen and oxygen atoms in total. The average molecular weight is 293 g/mol. The standard InChI is InChI=1S/C15H23N3O3/c1-11-5-6-12(2)13(9-11)18(3)10-14(19)17-15(20)16-7-8-21-4/h5-6,9H,7-8,10H2,1-4H3,(H2,16,17,19,20). The quantitative estimate of drug-likeness (QED) is 0.774. The number of aryl methyl sites for hydroxylation is 2. The minimum Gasteiger partial charge on any atom is -0.383 e. The summed E-state index contributed by atoms with van der Waals surface area (Å²) < 4.78 is 4.81. The second-order valence-electron chi connectivity index (χ2n) is 4.94. The summed E-state index contributed by atoms with van der Waals surface area (Å²) in [5.41, 5.74) is 3.19. The topological polar surface area (TPSA) is 70.7 Å². The van der Waals surface area contributed by atoms with E-state index in [4.69, 9.17) is 4.74 Å². The van der Waals surface area contributed by atoms with Crippen molar-refractivity contribution in [2.24, 2.45) is 0 Å². The van der Waals surface area contributed by atoms with Crippen molar-refractivity contribution in [2.75, 3.05) is 38.8 Å². The Balaban J connectivity index is 2.50. The van der Waals surface area contributed by atoms with E-state index in [1.807, 2.05) is 44.0 Å². The second-order valence-corrected chi connectivity index (χ2v) is 4.94. The number of anilines is 1. The normalized spacial score (nSPS) is 10.1. The summed E-state index contributed by atoms with van der Waals surface area (Å²) in [6.45, 7) is 4.87. The Morgan fingerprint density at radius 1 is 1.29 bits per heavy atom. The number of nitrogens with zero attached hydrogens (tertiary/aromatic N) is 1. The molecule has 0 heterocycles. The Bertz CT molecular complexity index is 503. The van der Waals surface area contributed by atoms with Crippen LogP contribution < -0.4 is 15.5 Å². The summed E-state index contributed by atoms with van der Waals surface area (Å²) in [6, 6.07) is 5.54. The number of imide groups is 1. The third-order valence-corrected chi connectivity index (χ3v) is 3.00. The first-order valence-electron chi connectivity index (χ1n) is 6.79. The molecule has 0 bridgehead atoms. The molecule has 0 spiro atoms. The third kappa shape index (κ3) is 5.83. The Morgan fingerprint density at radius 3 is 2.67 bits per heavy atom. The molecule has 0 saturated heterocycles. The number of rotatable bonds is 6. The van der Waals surface area contributed by atoms with E-state index in [2.05, 4.69) is 10.6 Å². The maximum atomic E-state index is 11.8. The number of hydrogen-bond donors (Lipinski definition) is 2. The predicted molar refractivity (Wildman–Crippen MR) is 82.6 cm³/mol. The summed E-state index contributed by atoms with van der Waals surface area (Å²) in [5.74, 6) is -0.353. The van der Waals surface area contributed by atoms with E-state index in [-0.39, 0.29) is 12.5 Å². The van der Waals surface area contributed by atoms with Gasteiger partial charge in [-0.3, -0.25) is 10.1 Å². The largest absolute Gasteiger partial charge is 0.383 e. The van der Waals surface area contributed by atoms with E-state index in [0.29, 0.717) is 13.2 Å². The minimum absolute atomic E-state index is 0.113. The molecule has 0 fully saturated rings. The van der Waals surface area contributed by atoms with Crippen LogP contribution in [-0.4, -0.2) is 45.8 Å². The fourth-order valence-electron chi connectivity index (χ4n) is 1.91. The molecule has 3 amide bonds. The maximum absolute atomic E-state index is 11.8. The van der Waals surface area contributed by atoms with Gasteiger partial charge in [0.15, 0.2) is 0 Å². The smallest absolute Gasteiger partial charge is 0.321 e. The lowest BCUT2D eigenvalue weighted by molar-refractivity contribution is -0.118. The molecule has 0 aromatic heterocycles. The number of carbonyl (C=O) groups excluding carboxylic acids is 2. The second kappa shape index (κ2) is 8.26. The van der Waals surface area contributed by atoms with Gasteiger partial charge >= 0.3 is 6.03 Å². The first-order chi connectivity index (χ1) is 9.93. The first-order valence-corrected chi connectivity index (χ1v) is 6.79. The van der Waals surface area contributed by atoms with E-state index in [1.165, 1.54) is 0 Å². The molecule has 0 aliphatic rings. The highest BCUT2D eigenvalue weighted by Gasteiger charge is 2.12. The van der Waals surface area contributed by atoms with Gasteiger partial charge in [0.1, 0.15) is 0 Å². The van der Waals surface area contributed by atoms with Gasteiger partial charge in [-0.05, 0) is 31.0 Å². The number of hydrogen-bond acceptors (Lipinski definition) is 4. The van der Waals surface area contributed by atoms with Gasteiger partial charge in [-0.1, -0.05) is 12.1 Å². The van der Waals surface area contributed by atoms with E-state index in [9.17, 15) is 9.59 Å². The van der Waals surface area contributed by atoms with Gasteiger partial charge in [0.25, 0.3) is 0 Å². The molecule has 2 N–H and O–H groups in total. The van der Waals surface area contributed by atoms with E-state index in [1.54, 1.807) is 7.11 Å². The number of nitrogens with one attached hydrogen (secondary N) is 2. The number of urea groups is 1. The maximum Gasteiger partial charge on any atom is 0.321 e. The Labute approximate surface area is 125 Å². The zero-order valence-electron chi connectivity index (χ0n) is 13.0. The van der Waals surface area contributed by atoms with Gasteiger partial charge in [-0.15, -0.1) is 0 Å². The lowest BCUT2D eigenvalue weighted by Crippen LogP contribution is -2.44. The Hall–Kier alpha value is -2.08. The highest BCUT2D eigenvalue weighted by molar-refractivity contribution is 5.96. The molecule has 21 heavy (non-hydrogen) atoms. The zero-order chi connectivity index (χ0) is 15.8. The molecular formula is C15H23N3O3. The fraction of sp³-hybridized carbons (Fsp3) is 0.467. The van der Waals surface area contributed by atoms with Gasteiger partial charge in [-0.2, -0.15) is 0 Å². The average Bonchev–Trinajstić information content (AvgIpc) is 2.41. The molecule has 6 heteroatoms. The number of amides is 3. The van der Waals surface area contributed by atoms with Gasteiger partial charge in [0.2, 0.25) is 5.91 Å². The van der Waals surface area contributed by atoms with Gasteiger partial charge in [-0.25, -0.2) is 4.79 Å². The number of ether oxygens (including phenoxy) is 1. The molecule has 1 aromatic rings. The van der Waals surface area contributed by atoms with Gasteiger partial charge in [0, 0.05) is 26.4 Å². The highest BCUT2D eigenvalue weighted by atomic mass is 16.5. The molecular weight excluding hydrogens is 270 g/mol. The van der Waals surface area contributed by atoms with Crippen LogP contribution >= 0.6 is 0 Å². The Kier molecular flexibility index (Phi) is 6.68. The van der Waals surface area contributed by atoms with Crippen molar-refractivity contribution in [3.05, 3.63) is 29.3 Å². The van der Waals surface area contributed by atoms with Crippen molar-refractivity contribution >= 4 is 17.6 Å². The molecule has 1 aromatic carbocycles. The van der Waals surface area contributed by atoms with Crippen molar-refractivity contribution in [1.29, 1.82) is 0 Å². The van der Waals surface area contributed by atoms with Crippen LogP contribution in [0.1, 0.15) is 11.1 Å². The molecule has 0 saturated carbocycles. The predicted octanol–water partition coefficient (Wildman–Crippen LogP) is 1.21. The summed E-state index contributed by atoms with van der Waals surface area (Å²) >= 11 is 0.